The first-order chi connectivity index (χ1) is 17.0. The molecule has 3 aromatic carbocycles. The van der Waals surface area contributed by atoms with Gasteiger partial charge in [0, 0.05) is 17.2 Å². The molecule has 3 heterocycles. The lowest BCUT2D eigenvalue weighted by Crippen LogP contribution is -2.51. The molecule has 7 rings (SSSR count). The summed E-state index contributed by atoms with van der Waals surface area (Å²) in [6.07, 6.45) is -0.945. The SMILES string of the molecule is O=C1C2C(c3ccccc3)OC3(C(=O)c4ccccc4C3=O)C2C(=O)N1c1ccc2c(c1)OCO2. The van der Waals surface area contributed by atoms with Gasteiger partial charge in [0.1, 0.15) is 0 Å². The number of ketones is 2. The number of carbonyl (C=O) groups is 4. The number of hydrogen-bond donors (Lipinski definition) is 0. The van der Waals surface area contributed by atoms with Crippen LogP contribution in [0.2, 0.25) is 0 Å². The summed E-state index contributed by atoms with van der Waals surface area (Å²) in [7, 11) is 0. The largest absolute Gasteiger partial charge is 0.454 e. The molecule has 0 N–H and O–H groups in total. The molecule has 8 nitrogen and oxygen atoms in total. The normalized spacial score (nSPS) is 25.5. The molecule has 3 atom stereocenters. The van der Waals surface area contributed by atoms with Gasteiger partial charge in [-0.15, -0.1) is 0 Å². The second kappa shape index (κ2) is 6.86. The van der Waals surface area contributed by atoms with Crippen LogP contribution < -0.4 is 14.4 Å². The zero-order valence-corrected chi connectivity index (χ0v) is 18.2. The molecular weight excluding hydrogens is 450 g/mol. The monoisotopic (exact) mass is 467 g/mol. The fourth-order valence-corrected chi connectivity index (χ4v) is 5.74. The van der Waals surface area contributed by atoms with Crippen LogP contribution in [0.1, 0.15) is 32.4 Å². The van der Waals surface area contributed by atoms with Crippen molar-refractivity contribution in [2.24, 2.45) is 11.8 Å². The molecule has 1 aliphatic carbocycles. The van der Waals surface area contributed by atoms with Gasteiger partial charge in [0.15, 0.2) is 11.5 Å². The summed E-state index contributed by atoms with van der Waals surface area (Å²) in [6.45, 7) is 0.0419. The molecule has 2 fully saturated rings. The Balaban J connectivity index is 1.40. The van der Waals surface area contributed by atoms with Crippen molar-refractivity contribution < 1.29 is 33.4 Å². The van der Waals surface area contributed by atoms with E-state index in [2.05, 4.69) is 0 Å². The Kier molecular flexibility index (Phi) is 3.94. The van der Waals surface area contributed by atoms with Gasteiger partial charge in [-0.1, -0.05) is 54.6 Å². The van der Waals surface area contributed by atoms with E-state index >= 15 is 0 Å². The van der Waals surface area contributed by atoms with Crippen LogP contribution >= 0.6 is 0 Å². The van der Waals surface area contributed by atoms with Gasteiger partial charge < -0.3 is 14.2 Å². The maximum Gasteiger partial charge on any atom is 0.241 e. The molecule has 8 heteroatoms. The van der Waals surface area contributed by atoms with Crippen molar-refractivity contribution in [3.8, 4) is 11.5 Å². The Hall–Kier alpha value is -4.30. The molecule has 172 valence electrons. The Bertz CT molecular complexity index is 1430. The first-order valence-corrected chi connectivity index (χ1v) is 11.2. The highest BCUT2D eigenvalue weighted by Crippen LogP contribution is 2.58. The van der Waals surface area contributed by atoms with E-state index in [-0.39, 0.29) is 23.6 Å². The smallest absolute Gasteiger partial charge is 0.241 e. The molecule has 3 unspecified atom stereocenters. The van der Waals surface area contributed by atoms with Crippen molar-refractivity contribution in [1.29, 1.82) is 0 Å². The number of hydrogen-bond acceptors (Lipinski definition) is 7. The van der Waals surface area contributed by atoms with E-state index in [1.165, 1.54) is 0 Å². The number of imide groups is 1. The van der Waals surface area contributed by atoms with E-state index in [1.54, 1.807) is 66.7 Å². The van der Waals surface area contributed by atoms with Crippen LogP contribution in [0.5, 0.6) is 11.5 Å². The van der Waals surface area contributed by atoms with Crippen molar-refractivity contribution in [3.63, 3.8) is 0 Å². The van der Waals surface area contributed by atoms with Crippen LogP contribution in [0.15, 0.2) is 72.8 Å². The standard InChI is InChI=1S/C27H17NO7/c29-23-16-8-4-5-9-17(16)24(30)27(23)21-20(22(35-27)14-6-2-1-3-7-14)25(31)28(26(21)32)15-10-11-18-19(12-15)34-13-33-18/h1-12,20-22H,13H2. The number of benzene rings is 3. The molecular formula is C27H17NO7. The van der Waals surface area contributed by atoms with Crippen molar-refractivity contribution in [2.45, 2.75) is 11.7 Å². The molecule has 4 aliphatic rings. The summed E-state index contributed by atoms with van der Waals surface area (Å²) < 4.78 is 17.0. The Morgan fingerprint density at radius 2 is 1.40 bits per heavy atom. The summed E-state index contributed by atoms with van der Waals surface area (Å²) in [5.74, 6) is -3.76. The number of carbonyl (C=O) groups excluding carboxylic acids is 4. The van der Waals surface area contributed by atoms with Crippen LogP contribution in [-0.2, 0) is 14.3 Å². The van der Waals surface area contributed by atoms with Gasteiger partial charge in [-0.25, -0.2) is 4.90 Å². The third-order valence-electron chi connectivity index (χ3n) is 7.26. The van der Waals surface area contributed by atoms with E-state index in [0.29, 0.717) is 17.1 Å². The van der Waals surface area contributed by atoms with Crippen LogP contribution in [0.4, 0.5) is 5.69 Å². The van der Waals surface area contributed by atoms with Crippen molar-refractivity contribution in [2.75, 3.05) is 11.7 Å². The predicted octanol–water partition coefficient (Wildman–Crippen LogP) is 3.11. The number of amides is 2. The van der Waals surface area contributed by atoms with Crippen molar-refractivity contribution in [1.82, 2.24) is 0 Å². The highest BCUT2D eigenvalue weighted by atomic mass is 16.7. The molecule has 3 aliphatic heterocycles. The Morgan fingerprint density at radius 3 is 2.11 bits per heavy atom. The second-order valence-corrected chi connectivity index (χ2v) is 8.94. The van der Waals surface area contributed by atoms with Crippen LogP contribution in [0.3, 0.4) is 0 Å². The maximum absolute atomic E-state index is 13.9. The molecule has 3 aromatic rings. The van der Waals surface area contributed by atoms with Crippen molar-refractivity contribution in [3.05, 3.63) is 89.5 Å². The summed E-state index contributed by atoms with van der Waals surface area (Å²) in [5.41, 5.74) is -0.786. The van der Waals surface area contributed by atoms with Gasteiger partial charge in [-0.2, -0.15) is 0 Å². The van der Waals surface area contributed by atoms with Crippen LogP contribution in [0, 0.1) is 11.8 Å². The minimum atomic E-state index is -2.09. The van der Waals surface area contributed by atoms with E-state index in [1.807, 2.05) is 6.07 Å². The highest BCUT2D eigenvalue weighted by Gasteiger charge is 2.74. The van der Waals surface area contributed by atoms with E-state index in [4.69, 9.17) is 14.2 Å². The predicted molar refractivity (Wildman–Crippen MR) is 120 cm³/mol. The number of Topliss-reactive ketones (excluding diaryl/α,β-unsaturated/α-hetero) is 2. The highest BCUT2D eigenvalue weighted by molar-refractivity contribution is 6.37. The first-order valence-electron chi connectivity index (χ1n) is 11.2. The lowest BCUT2D eigenvalue weighted by molar-refractivity contribution is -0.127. The molecule has 0 aromatic heterocycles. The Morgan fingerprint density at radius 1 is 0.743 bits per heavy atom. The first kappa shape index (κ1) is 20.1. The summed E-state index contributed by atoms with van der Waals surface area (Å²) in [5, 5.41) is 0. The van der Waals surface area contributed by atoms with Crippen molar-refractivity contribution >= 4 is 29.1 Å². The minimum absolute atomic E-state index is 0.0419. The third kappa shape index (κ3) is 2.44. The maximum atomic E-state index is 13.9. The lowest BCUT2D eigenvalue weighted by atomic mass is 9.77. The molecule has 35 heavy (non-hydrogen) atoms. The molecule has 2 saturated heterocycles. The quantitative estimate of drug-likeness (QED) is 0.422. The fraction of sp³-hybridized carbons (Fsp3) is 0.185. The average molecular weight is 467 g/mol. The number of nitrogens with zero attached hydrogens (tertiary/aromatic N) is 1. The second-order valence-electron chi connectivity index (χ2n) is 8.94. The molecule has 1 spiro atoms. The number of fused-ring (bicyclic) bond motifs is 4. The molecule has 0 radical (unpaired) electrons. The van der Waals surface area contributed by atoms with E-state index in [9.17, 15) is 19.2 Å². The van der Waals surface area contributed by atoms with Crippen LogP contribution in [0.25, 0.3) is 0 Å². The van der Waals surface area contributed by atoms with E-state index < -0.39 is 46.9 Å². The van der Waals surface area contributed by atoms with Gasteiger partial charge in [-0.05, 0) is 17.7 Å². The van der Waals surface area contributed by atoms with Crippen LogP contribution in [-0.4, -0.2) is 35.8 Å². The zero-order chi connectivity index (χ0) is 23.9. The fourth-order valence-electron chi connectivity index (χ4n) is 5.74. The van der Waals surface area contributed by atoms with Gasteiger partial charge >= 0.3 is 0 Å². The Labute approximate surface area is 199 Å². The van der Waals surface area contributed by atoms with E-state index in [0.717, 1.165) is 4.90 Å². The lowest BCUT2D eigenvalue weighted by Gasteiger charge is -2.27. The van der Waals surface area contributed by atoms with Gasteiger partial charge in [0.2, 0.25) is 35.8 Å². The minimum Gasteiger partial charge on any atom is -0.454 e. The third-order valence-corrected chi connectivity index (χ3v) is 7.26. The summed E-state index contributed by atoms with van der Waals surface area (Å²) in [4.78, 5) is 56.3. The zero-order valence-electron chi connectivity index (χ0n) is 18.2. The number of rotatable bonds is 2. The topological polar surface area (TPSA) is 99.2 Å². The molecule has 0 saturated carbocycles. The average Bonchev–Trinajstić information content (AvgIpc) is 3.61. The van der Waals surface area contributed by atoms with Gasteiger partial charge in [0.25, 0.3) is 0 Å². The molecule has 2 amide bonds. The summed E-state index contributed by atoms with van der Waals surface area (Å²) in [6, 6.07) is 20.1. The van der Waals surface area contributed by atoms with Gasteiger partial charge in [0.05, 0.1) is 23.6 Å². The number of ether oxygens (including phenoxy) is 3. The van der Waals surface area contributed by atoms with Gasteiger partial charge in [-0.3, -0.25) is 19.2 Å². The number of anilines is 1. The molecule has 0 bridgehead atoms. The summed E-state index contributed by atoms with van der Waals surface area (Å²) >= 11 is 0.